The molecule has 1 aromatic rings. The van der Waals surface area contributed by atoms with Gasteiger partial charge in [0, 0.05) is 11.4 Å². The molecular weight excluding hydrogens is 262 g/mol. The van der Waals surface area contributed by atoms with Crippen molar-refractivity contribution < 1.29 is 0 Å². The van der Waals surface area contributed by atoms with Crippen molar-refractivity contribution in [3.63, 3.8) is 0 Å². The summed E-state index contributed by atoms with van der Waals surface area (Å²) in [5.41, 5.74) is 3.71. The van der Waals surface area contributed by atoms with Crippen molar-refractivity contribution in [3.05, 3.63) is 28.5 Å². The number of hydrogen-bond donors (Lipinski definition) is 2. The van der Waals surface area contributed by atoms with Crippen LogP contribution in [0.5, 0.6) is 0 Å². The number of nitrogens with one attached hydrogen (secondary N) is 2. The number of hydrogen-bond acceptors (Lipinski definition) is 3. The van der Waals surface area contributed by atoms with Gasteiger partial charge in [-0.25, -0.2) is 0 Å². The fourth-order valence-electron chi connectivity index (χ4n) is 1.10. The first-order chi connectivity index (χ1) is 8.58. The number of rotatable bonds is 5. The van der Waals surface area contributed by atoms with Gasteiger partial charge in [-0.1, -0.05) is 19.9 Å². The molecule has 0 bridgehead atoms. The summed E-state index contributed by atoms with van der Waals surface area (Å²) in [6.45, 7) is 7.05. The molecule has 0 amide bonds. The van der Waals surface area contributed by atoms with Gasteiger partial charge in [0.1, 0.15) is 0 Å². The van der Waals surface area contributed by atoms with E-state index in [1.807, 2.05) is 25.1 Å². The van der Waals surface area contributed by atoms with E-state index in [4.69, 9.17) is 12.2 Å². The summed E-state index contributed by atoms with van der Waals surface area (Å²) in [5, 5.41) is 9.89. The number of thiocarbonyl (C=S) groups is 1. The molecule has 0 aromatic carbocycles. The van der Waals surface area contributed by atoms with E-state index in [-0.39, 0.29) is 0 Å². The maximum Gasteiger partial charge on any atom is 0.186 e. The van der Waals surface area contributed by atoms with Crippen LogP contribution in [-0.4, -0.2) is 17.4 Å². The largest absolute Gasteiger partial charge is 0.361 e. The number of nitrogens with zero attached hydrogens (tertiary/aromatic N) is 1. The molecule has 1 rings (SSSR count). The Morgan fingerprint density at radius 3 is 2.94 bits per heavy atom. The van der Waals surface area contributed by atoms with E-state index < -0.39 is 0 Å². The van der Waals surface area contributed by atoms with Gasteiger partial charge in [-0.15, -0.1) is 11.3 Å². The topological polar surface area (TPSA) is 36.4 Å². The predicted octanol–water partition coefficient (Wildman–Crippen LogP) is 3.26. The third kappa shape index (κ3) is 6.51. The molecular formula is C13H19N3S2. The molecule has 0 aliphatic heterocycles. The first-order valence-corrected chi connectivity index (χ1v) is 7.16. The van der Waals surface area contributed by atoms with E-state index in [0.717, 1.165) is 12.3 Å². The van der Waals surface area contributed by atoms with Crippen LogP contribution in [0.3, 0.4) is 0 Å². The fourth-order valence-corrected chi connectivity index (χ4v) is 1.85. The summed E-state index contributed by atoms with van der Waals surface area (Å²) in [5.74, 6) is 0.563. The lowest BCUT2D eigenvalue weighted by atomic mass is 10.2. The van der Waals surface area contributed by atoms with Crippen molar-refractivity contribution in [2.24, 2.45) is 11.0 Å². The van der Waals surface area contributed by atoms with Crippen LogP contribution in [0, 0.1) is 5.92 Å². The summed E-state index contributed by atoms with van der Waals surface area (Å²) in [7, 11) is 0. The van der Waals surface area contributed by atoms with E-state index in [1.54, 1.807) is 11.3 Å². The van der Waals surface area contributed by atoms with E-state index >= 15 is 0 Å². The smallest absolute Gasteiger partial charge is 0.186 e. The van der Waals surface area contributed by atoms with E-state index in [0.29, 0.717) is 11.0 Å². The zero-order chi connectivity index (χ0) is 13.4. The maximum absolute atomic E-state index is 5.10. The highest BCUT2D eigenvalue weighted by molar-refractivity contribution is 7.80. The molecule has 2 N–H and O–H groups in total. The van der Waals surface area contributed by atoms with Gasteiger partial charge in [0.25, 0.3) is 0 Å². The fraction of sp³-hybridized carbons (Fsp3) is 0.385. The second-order valence-corrected chi connectivity index (χ2v) is 5.71. The van der Waals surface area contributed by atoms with Gasteiger partial charge in [0.15, 0.2) is 5.11 Å². The Labute approximate surface area is 118 Å². The van der Waals surface area contributed by atoms with E-state index in [9.17, 15) is 0 Å². The summed E-state index contributed by atoms with van der Waals surface area (Å²) in [6, 6.07) is 4.09. The number of thiophene rings is 1. The van der Waals surface area contributed by atoms with Crippen molar-refractivity contribution in [1.82, 2.24) is 10.7 Å². The normalized spacial score (nSPS) is 12.1. The number of hydrazone groups is 1. The Kier molecular flexibility index (Phi) is 6.60. The number of allylic oxidation sites excluding steroid dienone is 1. The van der Waals surface area contributed by atoms with Crippen molar-refractivity contribution in [3.8, 4) is 0 Å². The Balaban J connectivity index is 2.35. The predicted molar refractivity (Wildman–Crippen MR) is 85.0 cm³/mol. The van der Waals surface area contributed by atoms with Gasteiger partial charge >= 0.3 is 0 Å². The molecule has 1 heterocycles. The third-order valence-corrected chi connectivity index (χ3v) is 3.11. The summed E-state index contributed by atoms with van der Waals surface area (Å²) >= 11 is 6.80. The minimum Gasteiger partial charge on any atom is -0.361 e. The molecule has 0 spiro atoms. The Morgan fingerprint density at radius 1 is 1.56 bits per heavy atom. The molecule has 98 valence electrons. The highest BCUT2D eigenvalue weighted by Crippen LogP contribution is 2.09. The van der Waals surface area contributed by atoms with Crippen molar-refractivity contribution in [2.45, 2.75) is 20.8 Å². The second kappa shape index (κ2) is 8.00. The van der Waals surface area contributed by atoms with Crippen LogP contribution in [0.15, 0.2) is 28.7 Å². The molecule has 0 atom stereocenters. The standard InChI is InChI=1S/C13H19N3S2/c1-10(2)9-14-13(17)16-15-11(3)6-7-12-5-4-8-18-12/h4-8,10H,9H2,1-3H3,(H2,14,16,17)/b7-6+,15-11-. The molecule has 0 aliphatic carbocycles. The average Bonchev–Trinajstić information content (AvgIpc) is 2.84. The lowest BCUT2D eigenvalue weighted by Crippen LogP contribution is -2.34. The highest BCUT2D eigenvalue weighted by Gasteiger charge is 1.95. The first kappa shape index (κ1) is 14.9. The van der Waals surface area contributed by atoms with Crippen LogP contribution >= 0.6 is 23.6 Å². The molecule has 3 nitrogen and oxygen atoms in total. The van der Waals surface area contributed by atoms with Crippen LogP contribution in [0.1, 0.15) is 25.6 Å². The van der Waals surface area contributed by atoms with Gasteiger partial charge in [-0.3, -0.25) is 5.43 Å². The summed E-state index contributed by atoms with van der Waals surface area (Å²) in [6.07, 6.45) is 4.00. The van der Waals surface area contributed by atoms with Gasteiger partial charge in [0.05, 0.1) is 5.71 Å². The molecule has 0 saturated carbocycles. The van der Waals surface area contributed by atoms with Crippen LogP contribution < -0.4 is 10.7 Å². The minimum atomic E-state index is 0.563. The lowest BCUT2D eigenvalue weighted by Gasteiger charge is -2.09. The van der Waals surface area contributed by atoms with E-state index in [1.165, 1.54) is 4.88 Å². The van der Waals surface area contributed by atoms with Crippen LogP contribution in [0.25, 0.3) is 6.08 Å². The van der Waals surface area contributed by atoms with Gasteiger partial charge in [-0.2, -0.15) is 5.10 Å². The minimum absolute atomic E-state index is 0.563. The summed E-state index contributed by atoms with van der Waals surface area (Å²) in [4.78, 5) is 1.21. The Morgan fingerprint density at radius 2 is 2.33 bits per heavy atom. The third-order valence-electron chi connectivity index (χ3n) is 2.04. The van der Waals surface area contributed by atoms with Gasteiger partial charge in [-0.05, 0) is 48.7 Å². The first-order valence-electron chi connectivity index (χ1n) is 5.87. The van der Waals surface area contributed by atoms with Crippen LogP contribution in [-0.2, 0) is 0 Å². The average molecular weight is 281 g/mol. The zero-order valence-electron chi connectivity index (χ0n) is 10.9. The van der Waals surface area contributed by atoms with Crippen molar-refractivity contribution in [1.29, 1.82) is 0 Å². The molecule has 0 saturated heterocycles. The second-order valence-electron chi connectivity index (χ2n) is 4.32. The quantitative estimate of drug-likeness (QED) is 0.494. The zero-order valence-corrected chi connectivity index (χ0v) is 12.6. The van der Waals surface area contributed by atoms with Crippen molar-refractivity contribution >= 4 is 40.5 Å². The van der Waals surface area contributed by atoms with Crippen LogP contribution in [0.2, 0.25) is 0 Å². The summed E-state index contributed by atoms with van der Waals surface area (Å²) < 4.78 is 0. The van der Waals surface area contributed by atoms with Crippen LogP contribution in [0.4, 0.5) is 0 Å². The highest BCUT2D eigenvalue weighted by atomic mass is 32.1. The molecule has 0 fully saturated rings. The molecule has 0 unspecified atom stereocenters. The van der Waals surface area contributed by atoms with E-state index in [2.05, 4.69) is 41.1 Å². The monoisotopic (exact) mass is 281 g/mol. The maximum atomic E-state index is 5.10. The molecule has 0 aliphatic rings. The SMILES string of the molecule is CC(/C=C/c1cccs1)=N/NC(=S)NCC(C)C. The van der Waals surface area contributed by atoms with Crippen molar-refractivity contribution in [2.75, 3.05) is 6.54 Å². The lowest BCUT2D eigenvalue weighted by molar-refractivity contribution is 0.621. The molecule has 18 heavy (non-hydrogen) atoms. The Bertz CT molecular complexity index is 419. The molecule has 5 heteroatoms. The Hall–Kier alpha value is -1.20. The molecule has 1 aromatic heterocycles. The molecule has 0 radical (unpaired) electrons. The van der Waals surface area contributed by atoms with Gasteiger partial charge < -0.3 is 5.32 Å². The van der Waals surface area contributed by atoms with Gasteiger partial charge in [0.2, 0.25) is 0 Å².